The topological polar surface area (TPSA) is 61.3 Å². The minimum Gasteiger partial charge on any atom is -0.456 e. The SMILES string of the molecule is Nc1cc(Cl)c(OC2=CC[C@H](F)C=C2)cc1N. The number of hydrogen-bond donors (Lipinski definition) is 2. The van der Waals surface area contributed by atoms with Gasteiger partial charge in [-0.3, -0.25) is 0 Å². The molecule has 1 aliphatic carbocycles. The van der Waals surface area contributed by atoms with Crippen LogP contribution in [-0.2, 0) is 0 Å². The van der Waals surface area contributed by atoms with Gasteiger partial charge in [0.05, 0.1) is 16.4 Å². The lowest BCUT2D eigenvalue weighted by atomic mass is 10.1. The molecule has 1 aromatic carbocycles. The van der Waals surface area contributed by atoms with Crippen molar-refractivity contribution in [1.29, 1.82) is 0 Å². The van der Waals surface area contributed by atoms with Gasteiger partial charge in [0.15, 0.2) is 0 Å². The van der Waals surface area contributed by atoms with E-state index in [9.17, 15) is 4.39 Å². The predicted octanol–water partition coefficient (Wildman–Crippen LogP) is 3.07. The van der Waals surface area contributed by atoms with Crippen LogP contribution in [0, 0.1) is 0 Å². The molecule has 2 rings (SSSR count). The molecule has 1 atom stereocenters. The lowest BCUT2D eigenvalue weighted by Crippen LogP contribution is -2.03. The number of nitrogen functional groups attached to an aromatic ring is 2. The molecule has 90 valence electrons. The summed E-state index contributed by atoms with van der Waals surface area (Å²) in [5.41, 5.74) is 12.1. The fourth-order valence-corrected chi connectivity index (χ4v) is 1.65. The summed E-state index contributed by atoms with van der Waals surface area (Å²) in [6.07, 6.45) is 4.01. The summed E-state index contributed by atoms with van der Waals surface area (Å²) in [4.78, 5) is 0. The number of hydrogen-bond acceptors (Lipinski definition) is 3. The highest BCUT2D eigenvalue weighted by atomic mass is 35.5. The highest BCUT2D eigenvalue weighted by molar-refractivity contribution is 6.32. The van der Waals surface area contributed by atoms with Crippen LogP contribution in [0.2, 0.25) is 5.02 Å². The highest BCUT2D eigenvalue weighted by Crippen LogP contribution is 2.33. The molecule has 0 spiro atoms. The van der Waals surface area contributed by atoms with Crippen molar-refractivity contribution in [2.24, 2.45) is 0 Å². The van der Waals surface area contributed by atoms with Gasteiger partial charge in [0.2, 0.25) is 0 Å². The Hall–Kier alpha value is -1.68. The number of anilines is 2. The van der Waals surface area contributed by atoms with Crippen LogP contribution < -0.4 is 16.2 Å². The van der Waals surface area contributed by atoms with Crippen molar-refractivity contribution in [3.63, 3.8) is 0 Å². The molecule has 1 aromatic rings. The molecule has 0 aliphatic heterocycles. The second-order valence-corrected chi connectivity index (χ2v) is 4.14. The van der Waals surface area contributed by atoms with Gasteiger partial charge in [-0.25, -0.2) is 4.39 Å². The third-order valence-electron chi connectivity index (χ3n) is 2.38. The van der Waals surface area contributed by atoms with Crippen LogP contribution in [0.4, 0.5) is 15.8 Å². The Balaban J connectivity index is 2.20. The summed E-state index contributed by atoms with van der Waals surface area (Å²) < 4.78 is 18.4. The number of allylic oxidation sites excluding steroid dienone is 3. The lowest BCUT2D eigenvalue weighted by Gasteiger charge is -2.13. The first-order valence-corrected chi connectivity index (χ1v) is 5.49. The smallest absolute Gasteiger partial charge is 0.148 e. The molecule has 0 amide bonds. The average Bonchev–Trinajstić information content (AvgIpc) is 2.29. The summed E-state index contributed by atoms with van der Waals surface area (Å²) in [5, 5.41) is 0.369. The fourth-order valence-electron chi connectivity index (χ4n) is 1.44. The molecule has 0 unspecified atom stereocenters. The van der Waals surface area contributed by atoms with Gasteiger partial charge < -0.3 is 16.2 Å². The fraction of sp³-hybridized carbons (Fsp3) is 0.167. The third-order valence-corrected chi connectivity index (χ3v) is 2.67. The minimum atomic E-state index is -0.950. The van der Waals surface area contributed by atoms with E-state index in [2.05, 4.69) is 0 Å². The van der Waals surface area contributed by atoms with Crippen molar-refractivity contribution < 1.29 is 9.13 Å². The molecule has 0 saturated heterocycles. The highest BCUT2D eigenvalue weighted by Gasteiger charge is 2.11. The molecule has 0 heterocycles. The zero-order valence-corrected chi connectivity index (χ0v) is 9.75. The van der Waals surface area contributed by atoms with Gasteiger partial charge in [0, 0.05) is 12.5 Å². The van der Waals surface area contributed by atoms with E-state index in [-0.39, 0.29) is 0 Å². The van der Waals surface area contributed by atoms with Crippen LogP contribution in [0.25, 0.3) is 0 Å². The minimum absolute atomic E-state index is 0.300. The Morgan fingerprint density at radius 3 is 2.65 bits per heavy atom. The second kappa shape index (κ2) is 4.67. The third kappa shape index (κ3) is 2.71. The van der Waals surface area contributed by atoms with Crippen LogP contribution in [0.3, 0.4) is 0 Å². The van der Waals surface area contributed by atoms with Crippen LogP contribution >= 0.6 is 11.6 Å². The zero-order chi connectivity index (χ0) is 12.4. The Kier molecular flexibility index (Phi) is 3.24. The summed E-state index contributed by atoms with van der Waals surface area (Å²) in [6, 6.07) is 3.07. The predicted molar refractivity (Wildman–Crippen MR) is 67.6 cm³/mol. The standard InChI is InChI=1S/C12H12ClFN2O/c13-9-5-10(15)11(16)6-12(9)17-8-3-1-7(14)2-4-8/h1,3-7H,2,15-16H2/t7-/m1/s1. The largest absolute Gasteiger partial charge is 0.456 e. The van der Waals surface area contributed by atoms with E-state index in [1.807, 2.05) is 0 Å². The number of benzene rings is 1. The molecule has 0 radical (unpaired) electrons. The van der Waals surface area contributed by atoms with E-state index in [0.717, 1.165) is 0 Å². The molecular formula is C12H12ClFN2O. The van der Waals surface area contributed by atoms with E-state index in [0.29, 0.717) is 34.3 Å². The lowest BCUT2D eigenvalue weighted by molar-refractivity contribution is 0.381. The van der Waals surface area contributed by atoms with Crippen LogP contribution in [0.5, 0.6) is 5.75 Å². The first-order valence-electron chi connectivity index (χ1n) is 5.11. The number of nitrogens with two attached hydrogens (primary N) is 2. The zero-order valence-electron chi connectivity index (χ0n) is 8.99. The normalized spacial score (nSPS) is 18.9. The van der Waals surface area contributed by atoms with Crippen molar-refractivity contribution in [2.75, 3.05) is 11.5 Å². The van der Waals surface area contributed by atoms with Crippen molar-refractivity contribution >= 4 is 23.0 Å². The molecular weight excluding hydrogens is 243 g/mol. The molecule has 0 bridgehead atoms. The molecule has 0 saturated carbocycles. The van der Waals surface area contributed by atoms with Gasteiger partial charge in [-0.2, -0.15) is 0 Å². The van der Waals surface area contributed by atoms with Crippen molar-refractivity contribution in [1.82, 2.24) is 0 Å². The Morgan fingerprint density at radius 1 is 1.29 bits per heavy atom. The molecule has 3 nitrogen and oxygen atoms in total. The maximum absolute atomic E-state index is 12.8. The van der Waals surface area contributed by atoms with E-state index >= 15 is 0 Å². The quantitative estimate of drug-likeness (QED) is 0.798. The van der Waals surface area contributed by atoms with Gasteiger partial charge >= 0.3 is 0 Å². The van der Waals surface area contributed by atoms with Crippen molar-refractivity contribution in [3.05, 3.63) is 41.1 Å². The molecule has 1 aliphatic rings. The van der Waals surface area contributed by atoms with Gasteiger partial charge in [0.1, 0.15) is 17.7 Å². The summed E-state index contributed by atoms with van der Waals surface area (Å²) in [7, 11) is 0. The number of ether oxygens (including phenoxy) is 1. The Morgan fingerprint density at radius 2 is 2.00 bits per heavy atom. The molecule has 4 N–H and O–H groups in total. The second-order valence-electron chi connectivity index (χ2n) is 3.73. The van der Waals surface area contributed by atoms with Crippen molar-refractivity contribution in [2.45, 2.75) is 12.6 Å². The van der Waals surface area contributed by atoms with Crippen LogP contribution in [0.1, 0.15) is 6.42 Å². The van der Waals surface area contributed by atoms with Gasteiger partial charge in [-0.15, -0.1) is 0 Å². The maximum Gasteiger partial charge on any atom is 0.148 e. The first-order chi connectivity index (χ1) is 8.06. The van der Waals surface area contributed by atoms with Crippen molar-refractivity contribution in [3.8, 4) is 5.75 Å². The van der Waals surface area contributed by atoms with E-state index < -0.39 is 6.17 Å². The number of halogens is 2. The number of rotatable bonds is 2. The Labute approximate surface area is 103 Å². The van der Waals surface area contributed by atoms with E-state index in [1.54, 1.807) is 18.2 Å². The van der Waals surface area contributed by atoms with Gasteiger partial charge in [-0.05, 0) is 24.3 Å². The van der Waals surface area contributed by atoms with Gasteiger partial charge in [-0.1, -0.05) is 11.6 Å². The molecule has 17 heavy (non-hydrogen) atoms. The molecule has 0 aromatic heterocycles. The van der Waals surface area contributed by atoms with Gasteiger partial charge in [0.25, 0.3) is 0 Å². The van der Waals surface area contributed by atoms with E-state index in [4.69, 9.17) is 27.8 Å². The summed E-state index contributed by atoms with van der Waals surface area (Å²) in [5.74, 6) is 0.955. The monoisotopic (exact) mass is 254 g/mol. The number of alkyl halides is 1. The Bertz CT molecular complexity index is 500. The average molecular weight is 255 g/mol. The van der Waals surface area contributed by atoms with Crippen LogP contribution in [-0.4, -0.2) is 6.17 Å². The maximum atomic E-state index is 12.8. The van der Waals surface area contributed by atoms with Crippen LogP contribution in [0.15, 0.2) is 36.1 Å². The first kappa shape index (κ1) is 11.8. The summed E-state index contributed by atoms with van der Waals surface area (Å²) in [6.45, 7) is 0. The molecule has 0 fully saturated rings. The summed E-state index contributed by atoms with van der Waals surface area (Å²) >= 11 is 5.96. The molecule has 5 heteroatoms. The van der Waals surface area contributed by atoms with E-state index in [1.165, 1.54) is 12.1 Å².